The number of anilines is 1. The number of hydrogen-bond donors (Lipinski definition) is 2. The van der Waals surface area contributed by atoms with Crippen LogP contribution in [0.3, 0.4) is 0 Å². The Morgan fingerprint density at radius 3 is 2.69 bits per heavy atom. The Balaban J connectivity index is 2.90. The van der Waals surface area contributed by atoms with Crippen LogP contribution in [-0.2, 0) is 4.79 Å². The highest BCUT2D eigenvalue weighted by atomic mass is 79.9. The van der Waals surface area contributed by atoms with Gasteiger partial charge in [0.1, 0.15) is 11.9 Å². The number of hydrogen-bond acceptors (Lipinski definition) is 3. The maximum Gasteiger partial charge on any atom is 0.240 e. The van der Waals surface area contributed by atoms with Gasteiger partial charge >= 0.3 is 0 Å². The first-order valence-electron chi connectivity index (χ1n) is 4.78. The molecule has 0 aliphatic rings. The van der Waals surface area contributed by atoms with E-state index in [9.17, 15) is 4.79 Å². The van der Waals surface area contributed by atoms with E-state index in [4.69, 9.17) is 17.3 Å². The van der Waals surface area contributed by atoms with Gasteiger partial charge in [0.15, 0.2) is 0 Å². The molecule has 16 heavy (non-hydrogen) atoms. The minimum Gasteiger partial charge on any atom is -0.368 e. The van der Waals surface area contributed by atoms with Crippen LogP contribution in [0.5, 0.6) is 0 Å². The summed E-state index contributed by atoms with van der Waals surface area (Å²) in [6.07, 6.45) is 1.60. The molecule has 0 saturated heterocycles. The maximum atomic E-state index is 11.2. The van der Waals surface area contributed by atoms with Crippen LogP contribution in [-0.4, -0.2) is 16.9 Å². The van der Waals surface area contributed by atoms with E-state index >= 15 is 0 Å². The third-order valence-electron chi connectivity index (χ3n) is 2.07. The Labute approximate surface area is 108 Å². The van der Waals surface area contributed by atoms with E-state index in [1.165, 1.54) is 0 Å². The zero-order chi connectivity index (χ0) is 12.3. The van der Waals surface area contributed by atoms with Crippen molar-refractivity contribution >= 4 is 39.3 Å². The van der Waals surface area contributed by atoms with Crippen LogP contribution in [0, 0.1) is 5.92 Å². The fourth-order valence-corrected chi connectivity index (χ4v) is 1.92. The number of rotatable bonds is 4. The van der Waals surface area contributed by atoms with Crippen molar-refractivity contribution in [1.29, 1.82) is 0 Å². The molecule has 0 aromatic carbocycles. The molecule has 1 amide bonds. The number of nitrogens with one attached hydrogen (secondary N) is 1. The summed E-state index contributed by atoms with van der Waals surface area (Å²) in [4.78, 5) is 15.3. The molecule has 6 heteroatoms. The first kappa shape index (κ1) is 13.3. The second kappa shape index (κ2) is 5.50. The zero-order valence-corrected chi connectivity index (χ0v) is 11.3. The van der Waals surface area contributed by atoms with Gasteiger partial charge in [-0.15, -0.1) is 0 Å². The molecule has 1 unspecified atom stereocenters. The van der Waals surface area contributed by atoms with Gasteiger partial charge in [0, 0.05) is 10.7 Å². The van der Waals surface area contributed by atoms with Crippen molar-refractivity contribution in [2.45, 2.75) is 19.9 Å². The summed E-state index contributed by atoms with van der Waals surface area (Å²) >= 11 is 9.23. The molecule has 88 valence electrons. The molecule has 1 aromatic rings. The van der Waals surface area contributed by atoms with E-state index in [-0.39, 0.29) is 5.92 Å². The molecule has 0 aliphatic carbocycles. The van der Waals surface area contributed by atoms with E-state index < -0.39 is 11.9 Å². The topological polar surface area (TPSA) is 68.0 Å². The molecule has 1 rings (SSSR count). The first-order valence-corrected chi connectivity index (χ1v) is 5.95. The van der Waals surface area contributed by atoms with Crippen LogP contribution in [0.25, 0.3) is 0 Å². The fourth-order valence-electron chi connectivity index (χ4n) is 1.23. The predicted octanol–water partition coefficient (Wildman–Crippen LogP) is 2.42. The van der Waals surface area contributed by atoms with E-state index in [0.717, 1.165) is 4.47 Å². The number of primary amides is 1. The van der Waals surface area contributed by atoms with E-state index in [2.05, 4.69) is 26.2 Å². The van der Waals surface area contributed by atoms with Gasteiger partial charge < -0.3 is 11.1 Å². The summed E-state index contributed by atoms with van der Waals surface area (Å²) in [5, 5.41) is 3.38. The summed E-state index contributed by atoms with van der Waals surface area (Å²) in [6.45, 7) is 3.80. The third kappa shape index (κ3) is 3.35. The molecule has 0 aliphatic heterocycles. The molecule has 0 radical (unpaired) electrons. The summed E-state index contributed by atoms with van der Waals surface area (Å²) in [7, 11) is 0. The summed E-state index contributed by atoms with van der Waals surface area (Å²) in [5.74, 6) is 0.108. The Bertz CT molecular complexity index is 398. The molecule has 0 fully saturated rings. The molecule has 1 aromatic heterocycles. The number of nitrogens with two attached hydrogens (primary N) is 1. The highest BCUT2D eigenvalue weighted by Gasteiger charge is 2.20. The van der Waals surface area contributed by atoms with Crippen LogP contribution < -0.4 is 11.1 Å². The Hall–Kier alpha value is -0.810. The van der Waals surface area contributed by atoms with Crippen LogP contribution in [0.2, 0.25) is 5.02 Å². The second-order valence-corrected chi connectivity index (χ2v) is 5.08. The second-order valence-electron chi connectivity index (χ2n) is 3.75. The van der Waals surface area contributed by atoms with Crippen molar-refractivity contribution in [2.24, 2.45) is 11.7 Å². The number of pyridine rings is 1. The largest absolute Gasteiger partial charge is 0.368 e. The van der Waals surface area contributed by atoms with Crippen molar-refractivity contribution in [3.63, 3.8) is 0 Å². The molecule has 0 bridgehead atoms. The lowest BCUT2D eigenvalue weighted by Gasteiger charge is -2.20. The van der Waals surface area contributed by atoms with Gasteiger partial charge in [-0.2, -0.15) is 0 Å². The van der Waals surface area contributed by atoms with E-state index in [1.54, 1.807) is 12.3 Å². The van der Waals surface area contributed by atoms with Gasteiger partial charge in [-0.05, 0) is 27.9 Å². The van der Waals surface area contributed by atoms with Crippen molar-refractivity contribution in [3.8, 4) is 0 Å². The van der Waals surface area contributed by atoms with Gasteiger partial charge in [0.25, 0.3) is 0 Å². The number of aromatic nitrogens is 1. The monoisotopic (exact) mass is 305 g/mol. The number of halogens is 2. The summed E-state index contributed by atoms with van der Waals surface area (Å²) in [5.41, 5.74) is 5.28. The number of carbonyl (C=O) groups is 1. The fraction of sp³-hybridized carbons (Fsp3) is 0.400. The van der Waals surface area contributed by atoms with Crippen LogP contribution in [0.15, 0.2) is 16.7 Å². The number of nitrogens with zero attached hydrogens (tertiary/aromatic N) is 1. The van der Waals surface area contributed by atoms with Gasteiger partial charge in [-0.3, -0.25) is 4.79 Å². The molecular formula is C10H13BrClN3O. The van der Waals surface area contributed by atoms with E-state index in [1.807, 2.05) is 13.8 Å². The Kier molecular flexibility index (Phi) is 4.56. The summed E-state index contributed by atoms with van der Waals surface area (Å²) < 4.78 is 0.781. The molecule has 1 heterocycles. The molecule has 1 atom stereocenters. The van der Waals surface area contributed by atoms with Crippen molar-refractivity contribution in [1.82, 2.24) is 4.98 Å². The molecule has 0 spiro atoms. The van der Waals surface area contributed by atoms with Gasteiger partial charge in [0.2, 0.25) is 5.91 Å². The lowest BCUT2D eigenvalue weighted by molar-refractivity contribution is -0.119. The van der Waals surface area contributed by atoms with Crippen LogP contribution >= 0.6 is 27.5 Å². The zero-order valence-electron chi connectivity index (χ0n) is 9.00. The smallest absolute Gasteiger partial charge is 0.240 e. The minimum atomic E-state index is -0.480. The van der Waals surface area contributed by atoms with Crippen molar-refractivity contribution in [3.05, 3.63) is 21.8 Å². The Morgan fingerprint density at radius 2 is 2.25 bits per heavy atom. The lowest BCUT2D eigenvalue weighted by Crippen LogP contribution is -2.39. The van der Waals surface area contributed by atoms with Crippen LogP contribution in [0.1, 0.15) is 13.8 Å². The summed E-state index contributed by atoms with van der Waals surface area (Å²) in [6, 6.07) is 1.22. The number of amides is 1. The number of carbonyl (C=O) groups excluding carboxylic acids is 1. The lowest BCUT2D eigenvalue weighted by atomic mass is 10.0. The normalized spacial score (nSPS) is 12.6. The standard InChI is InChI=1S/C10H13BrClN3O/c1-5(2)8(9(13)16)15-10-7(12)3-6(11)4-14-10/h3-5,8H,1-2H3,(H2,13,16)(H,14,15). The average molecular weight is 307 g/mol. The molecule has 0 saturated carbocycles. The van der Waals surface area contributed by atoms with Crippen molar-refractivity contribution in [2.75, 3.05) is 5.32 Å². The van der Waals surface area contributed by atoms with Gasteiger partial charge in [0.05, 0.1) is 5.02 Å². The molecular weight excluding hydrogens is 293 g/mol. The molecule has 4 nitrogen and oxygen atoms in total. The Morgan fingerprint density at radius 1 is 1.62 bits per heavy atom. The SMILES string of the molecule is CC(C)C(Nc1ncc(Br)cc1Cl)C(N)=O. The molecule has 3 N–H and O–H groups in total. The van der Waals surface area contributed by atoms with Gasteiger partial charge in [-0.25, -0.2) is 4.98 Å². The van der Waals surface area contributed by atoms with E-state index in [0.29, 0.717) is 10.8 Å². The third-order valence-corrected chi connectivity index (χ3v) is 2.80. The first-order chi connectivity index (χ1) is 7.41. The van der Waals surface area contributed by atoms with Crippen molar-refractivity contribution < 1.29 is 4.79 Å². The highest BCUT2D eigenvalue weighted by Crippen LogP contribution is 2.24. The average Bonchev–Trinajstić information content (AvgIpc) is 2.15. The predicted molar refractivity (Wildman–Crippen MR) is 68.4 cm³/mol. The van der Waals surface area contributed by atoms with Crippen LogP contribution in [0.4, 0.5) is 5.82 Å². The quantitative estimate of drug-likeness (QED) is 0.897. The maximum absolute atomic E-state index is 11.2. The highest BCUT2D eigenvalue weighted by molar-refractivity contribution is 9.10. The minimum absolute atomic E-state index is 0.0685. The van der Waals surface area contributed by atoms with Gasteiger partial charge in [-0.1, -0.05) is 25.4 Å².